The molecule has 1 spiro atoms. The fourth-order valence-corrected chi connectivity index (χ4v) is 4.95. The molecule has 7 heteroatoms. The minimum absolute atomic E-state index is 0.0803. The van der Waals surface area contributed by atoms with Crippen LogP contribution >= 0.6 is 0 Å². The van der Waals surface area contributed by atoms with Crippen LogP contribution in [0.1, 0.15) is 49.5 Å². The van der Waals surface area contributed by atoms with Crippen molar-refractivity contribution in [3.8, 4) is 16.9 Å². The lowest BCUT2D eigenvalue weighted by Crippen LogP contribution is -2.49. The number of aromatic nitrogens is 2. The number of rotatable bonds is 4. The molecule has 7 nitrogen and oxygen atoms in total. The van der Waals surface area contributed by atoms with Crippen LogP contribution in [0.2, 0.25) is 0 Å². The molecule has 1 N–H and O–H groups in total. The molecule has 3 aliphatic heterocycles. The Bertz CT molecular complexity index is 934. The maximum atomic E-state index is 12.9. The molecule has 1 aromatic heterocycles. The normalized spacial score (nSPS) is 22.7. The van der Waals surface area contributed by atoms with Gasteiger partial charge in [0.1, 0.15) is 17.2 Å². The van der Waals surface area contributed by atoms with E-state index in [0.717, 1.165) is 60.6 Å². The average Bonchev–Trinajstić information content (AvgIpc) is 3.27. The molecule has 2 saturated heterocycles. The second-order valence-corrected chi connectivity index (χ2v) is 8.98. The summed E-state index contributed by atoms with van der Waals surface area (Å²) in [6, 6.07) is 6.12. The fraction of sp³-hybridized carbons (Fsp3) is 0.542. The van der Waals surface area contributed by atoms with Crippen molar-refractivity contribution >= 4 is 5.91 Å². The van der Waals surface area contributed by atoms with Crippen molar-refractivity contribution in [2.45, 2.75) is 50.7 Å². The average molecular weight is 423 g/mol. The molecular formula is C24H30N4O3. The van der Waals surface area contributed by atoms with E-state index in [1.54, 1.807) is 0 Å². The van der Waals surface area contributed by atoms with E-state index in [0.29, 0.717) is 19.8 Å². The van der Waals surface area contributed by atoms with Crippen LogP contribution in [-0.4, -0.2) is 59.2 Å². The molecule has 0 saturated carbocycles. The molecule has 1 unspecified atom stereocenters. The van der Waals surface area contributed by atoms with Crippen molar-refractivity contribution in [1.29, 1.82) is 0 Å². The predicted octanol–water partition coefficient (Wildman–Crippen LogP) is 3.04. The lowest BCUT2D eigenvalue weighted by Gasteiger charge is -2.44. The molecule has 0 aliphatic carbocycles. The number of carbonyl (C=O) groups excluding carboxylic acids is 1. The number of benzene rings is 1. The Kier molecular flexibility index (Phi) is 5.63. The summed E-state index contributed by atoms with van der Waals surface area (Å²) in [4.78, 5) is 23.8. The van der Waals surface area contributed by atoms with E-state index in [2.05, 4.69) is 26.3 Å². The van der Waals surface area contributed by atoms with Crippen LogP contribution in [0.25, 0.3) is 11.1 Å². The maximum absolute atomic E-state index is 12.9. The number of hydrogen-bond acceptors (Lipinski definition) is 6. The minimum atomic E-state index is -0.272. The van der Waals surface area contributed by atoms with Gasteiger partial charge in [0.15, 0.2) is 0 Å². The molecule has 3 aliphatic rings. The fourth-order valence-electron chi connectivity index (χ4n) is 4.95. The van der Waals surface area contributed by atoms with E-state index in [-0.39, 0.29) is 17.6 Å². The Morgan fingerprint density at radius 1 is 1.16 bits per heavy atom. The Morgan fingerprint density at radius 3 is 2.65 bits per heavy atom. The predicted molar refractivity (Wildman–Crippen MR) is 117 cm³/mol. The summed E-state index contributed by atoms with van der Waals surface area (Å²) in [5, 5.41) is 3.33. The number of likely N-dealkylation sites (tertiary alicyclic amines) is 1. The Hall–Kier alpha value is -2.51. The van der Waals surface area contributed by atoms with Gasteiger partial charge in [-0.25, -0.2) is 9.97 Å². The van der Waals surface area contributed by atoms with Crippen LogP contribution in [-0.2, 0) is 9.53 Å². The molecule has 4 heterocycles. The Labute approximate surface area is 183 Å². The van der Waals surface area contributed by atoms with Crippen LogP contribution < -0.4 is 10.1 Å². The first-order valence-electron chi connectivity index (χ1n) is 11.3. The van der Waals surface area contributed by atoms with Crippen LogP contribution in [0.4, 0.5) is 0 Å². The highest BCUT2D eigenvalue weighted by Crippen LogP contribution is 2.45. The summed E-state index contributed by atoms with van der Waals surface area (Å²) in [5.41, 5.74) is 2.75. The number of aryl methyl sites for hydroxylation is 1. The van der Waals surface area contributed by atoms with Gasteiger partial charge in [-0.05, 0) is 50.6 Å². The molecule has 2 aromatic rings. The number of carbonyl (C=O) groups is 1. The van der Waals surface area contributed by atoms with Gasteiger partial charge in [0, 0.05) is 42.8 Å². The Morgan fingerprint density at radius 2 is 1.90 bits per heavy atom. The highest BCUT2D eigenvalue weighted by atomic mass is 16.5. The standard InChI is InChI=1S/C24H30N4O3/c1-17-25-14-19(15-26-17)18-4-5-22-20(12-18)21(13-24(31-22)6-10-30-11-7-24)27-23(29)16-28-8-2-3-9-28/h4-5,12,14-15,21H,2-3,6-11,13,16H2,1H3,(H,27,29). The molecule has 164 valence electrons. The van der Waals surface area contributed by atoms with Gasteiger partial charge in [-0.3, -0.25) is 9.69 Å². The van der Waals surface area contributed by atoms with E-state index in [9.17, 15) is 4.79 Å². The van der Waals surface area contributed by atoms with E-state index < -0.39 is 0 Å². The minimum Gasteiger partial charge on any atom is -0.487 e. The number of ether oxygens (including phenoxy) is 2. The third-order valence-corrected chi connectivity index (χ3v) is 6.71. The first-order chi connectivity index (χ1) is 15.1. The zero-order chi connectivity index (χ0) is 21.3. The molecule has 2 fully saturated rings. The van der Waals surface area contributed by atoms with Crippen LogP contribution in [0.3, 0.4) is 0 Å². The van der Waals surface area contributed by atoms with E-state index in [1.807, 2.05) is 31.5 Å². The summed E-state index contributed by atoms with van der Waals surface area (Å²) in [7, 11) is 0. The topological polar surface area (TPSA) is 76.6 Å². The highest BCUT2D eigenvalue weighted by molar-refractivity contribution is 5.79. The molecule has 31 heavy (non-hydrogen) atoms. The van der Waals surface area contributed by atoms with Gasteiger partial charge in [0.05, 0.1) is 25.8 Å². The second kappa shape index (κ2) is 8.55. The second-order valence-electron chi connectivity index (χ2n) is 8.98. The number of hydrogen-bond donors (Lipinski definition) is 1. The zero-order valence-electron chi connectivity index (χ0n) is 18.1. The van der Waals surface area contributed by atoms with Gasteiger partial charge in [0.25, 0.3) is 0 Å². The number of nitrogens with zero attached hydrogens (tertiary/aromatic N) is 3. The third kappa shape index (κ3) is 4.43. The summed E-state index contributed by atoms with van der Waals surface area (Å²) < 4.78 is 12.1. The third-order valence-electron chi connectivity index (χ3n) is 6.71. The van der Waals surface area contributed by atoms with E-state index in [4.69, 9.17) is 9.47 Å². The zero-order valence-corrected chi connectivity index (χ0v) is 18.1. The maximum Gasteiger partial charge on any atom is 0.234 e. The quantitative estimate of drug-likeness (QED) is 0.816. The smallest absolute Gasteiger partial charge is 0.234 e. The van der Waals surface area contributed by atoms with Crippen molar-refractivity contribution in [3.63, 3.8) is 0 Å². The summed E-state index contributed by atoms with van der Waals surface area (Å²) >= 11 is 0. The van der Waals surface area contributed by atoms with E-state index in [1.165, 1.54) is 12.8 Å². The molecule has 0 bridgehead atoms. The first kappa shape index (κ1) is 20.4. The summed E-state index contributed by atoms with van der Waals surface area (Å²) in [6.07, 6.45) is 8.50. The number of nitrogens with one attached hydrogen (secondary N) is 1. The molecule has 1 atom stereocenters. The highest BCUT2D eigenvalue weighted by Gasteiger charge is 2.43. The molecular weight excluding hydrogens is 392 g/mol. The van der Waals surface area contributed by atoms with Crippen molar-refractivity contribution in [2.24, 2.45) is 0 Å². The molecule has 1 amide bonds. The van der Waals surface area contributed by atoms with Crippen LogP contribution in [0.15, 0.2) is 30.6 Å². The van der Waals surface area contributed by atoms with E-state index >= 15 is 0 Å². The SMILES string of the molecule is Cc1ncc(-c2ccc3c(c2)C(NC(=O)CN2CCCC2)CC2(CCOCC2)O3)cn1. The molecule has 5 rings (SSSR count). The molecule has 0 radical (unpaired) electrons. The summed E-state index contributed by atoms with van der Waals surface area (Å²) in [5.74, 6) is 1.70. The van der Waals surface area contributed by atoms with Gasteiger partial charge < -0.3 is 14.8 Å². The van der Waals surface area contributed by atoms with Gasteiger partial charge in [-0.15, -0.1) is 0 Å². The first-order valence-corrected chi connectivity index (χ1v) is 11.3. The lowest BCUT2D eigenvalue weighted by molar-refractivity contribution is -0.124. The summed E-state index contributed by atoms with van der Waals surface area (Å²) in [6.45, 7) is 5.76. The van der Waals surface area contributed by atoms with Crippen molar-refractivity contribution in [1.82, 2.24) is 20.2 Å². The van der Waals surface area contributed by atoms with Gasteiger partial charge >= 0.3 is 0 Å². The van der Waals surface area contributed by atoms with Crippen LogP contribution in [0, 0.1) is 6.92 Å². The Balaban J connectivity index is 1.43. The van der Waals surface area contributed by atoms with Crippen molar-refractivity contribution in [3.05, 3.63) is 42.0 Å². The van der Waals surface area contributed by atoms with Crippen molar-refractivity contribution < 1.29 is 14.3 Å². The monoisotopic (exact) mass is 422 g/mol. The van der Waals surface area contributed by atoms with Gasteiger partial charge in [0.2, 0.25) is 5.91 Å². The molecule has 1 aromatic carbocycles. The number of fused-ring (bicyclic) bond motifs is 1. The van der Waals surface area contributed by atoms with Crippen LogP contribution in [0.5, 0.6) is 5.75 Å². The van der Waals surface area contributed by atoms with Crippen molar-refractivity contribution in [2.75, 3.05) is 32.8 Å². The lowest BCUT2D eigenvalue weighted by atomic mass is 9.81. The van der Waals surface area contributed by atoms with Gasteiger partial charge in [-0.2, -0.15) is 0 Å². The largest absolute Gasteiger partial charge is 0.487 e. The number of amides is 1. The van der Waals surface area contributed by atoms with Gasteiger partial charge in [-0.1, -0.05) is 6.07 Å².